The van der Waals surface area contributed by atoms with Crippen LogP contribution in [0.25, 0.3) is 0 Å². The average molecular weight is 323 g/mol. The molecule has 0 aromatic heterocycles. The molecule has 124 valence electrons. The number of benzene rings is 2. The molecule has 2 amide bonds. The van der Waals surface area contributed by atoms with Crippen molar-refractivity contribution >= 4 is 17.5 Å². The highest BCUT2D eigenvalue weighted by atomic mass is 16.2. The highest BCUT2D eigenvalue weighted by molar-refractivity contribution is 6.40. The molecule has 5 nitrogen and oxygen atoms in total. The van der Waals surface area contributed by atoms with E-state index < -0.39 is 11.8 Å². The summed E-state index contributed by atoms with van der Waals surface area (Å²) in [4.78, 5) is 26.4. The fraction of sp³-hybridized carbons (Fsp3) is 0.263. The second-order valence-corrected chi connectivity index (χ2v) is 6.06. The molecule has 1 unspecified atom stereocenters. The van der Waals surface area contributed by atoms with Gasteiger partial charge in [0.2, 0.25) is 0 Å². The predicted molar refractivity (Wildman–Crippen MR) is 93.3 cm³/mol. The fourth-order valence-corrected chi connectivity index (χ4v) is 3.11. The van der Waals surface area contributed by atoms with Crippen LogP contribution in [-0.2, 0) is 29.1 Å². The lowest BCUT2D eigenvalue weighted by Crippen LogP contribution is -2.45. The molecular weight excluding hydrogens is 302 g/mol. The lowest BCUT2D eigenvalue weighted by Gasteiger charge is -2.22. The smallest absolute Gasteiger partial charge is 0.316 e. The van der Waals surface area contributed by atoms with Crippen molar-refractivity contribution in [2.75, 3.05) is 4.90 Å². The molecule has 2 aromatic rings. The Hall–Kier alpha value is -2.66. The number of fused-ring (bicyclic) bond motifs is 1. The standard InChI is InChI=1S/C19H21N3O2/c1-13-9-16-7-2-3-8-17(16)22(13)19(24)18(23)21-12-15-6-4-5-14(10-15)11-20/h2-8,10,13H,9,11-12,20H2,1H3,(H,21,23). The SMILES string of the molecule is CC1Cc2ccccc2N1C(=O)C(=O)NCc1cccc(CN)c1. The molecule has 3 rings (SSSR count). The van der Waals surface area contributed by atoms with Gasteiger partial charge in [0, 0.05) is 24.8 Å². The number of nitrogens with two attached hydrogens (primary N) is 1. The van der Waals surface area contributed by atoms with E-state index in [1.54, 1.807) is 4.90 Å². The summed E-state index contributed by atoms with van der Waals surface area (Å²) in [7, 11) is 0. The number of carbonyl (C=O) groups excluding carboxylic acids is 2. The summed E-state index contributed by atoms with van der Waals surface area (Å²) in [6.07, 6.45) is 0.772. The van der Waals surface area contributed by atoms with E-state index in [4.69, 9.17) is 5.73 Å². The third-order valence-corrected chi connectivity index (χ3v) is 4.30. The van der Waals surface area contributed by atoms with Crippen LogP contribution in [0.3, 0.4) is 0 Å². The maximum absolute atomic E-state index is 12.6. The molecule has 2 aromatic carbocycles. The van der Waals surface area contributed by atoms with Crippen LogP contribution in [0.1, 0.15) is 23.6 Å². The van der Waals surface area contributed by atoms with Crippen LogP contribution in [0.15, 0.2) is 48.5 Å². The van der Waals surface area contributed by atoms with Crippen LogP contribution < -0.4 is 16.0 Å². The van der Waals surface area contributed by atoms with Crippen LogP contribution in [-0.4, -0.2) is 17.9 Å². The van der Waals surface area contributed by atoms with Gasteiger partial charge in [-0.1, -0.05) is 42.5 Å². The Morgan fingerprint density at radius 1 is 1.17 bits per heavy atom. The summed E-state index contributed by atoms with van der Waals surface area (Å²) in [5, 5.41) is 2.71. The van der Waals surface area contributed by atoms with E-state index in [-0.39, 0.29) is 6.04 Å². The molecule has 0 saturated carbocycles. The number of anilines is 1. The third kappa shape index (κ3) is 3.16. The molecule has 0 aliphatic carbocycles. The first kappa shape index (κ1) is 16.2. The molecule has 1 atom stereocenters. The van der Waals surface area contributed by atoms with Gasteiger partial charge in [0.25, 0.3) is 0 Å². The minimum atomic E-state index is -0.586. The number of nitrogens with zero attached hydrogens (tertiary/aromatic N) is 1. The zero-order valence-electron chi connectivity index (χ0n) is 13.7. The quantitative estimate of drug-likeness (QED) is 0.845. The van der Waals surface area contributed by atoms with E-state index in [0.717, 1.165) is 28.8 Å². The van der Waals surface area contributed by atoms with Gasteiger partial charge in [0.15, 0.2) is 0 Å². The van der Waals surface area contributed by atoms with E-state index >= 15 is 0 Å². The van der Waals surface area contributed by atoms with Crippen LogP contribution >= 0.6 is 0 Å². The number of hydrogen-bond acceptors (Lipinski definition) is 3. The molecule has 0 bridgehead atoms. The summed E-state index contributed by atoms with van der Waals surface area (Å²) >= 11 is 0. The number of hydrogen-bond donors (Lipinski definition) is 2. The minimum absolute atomic E-state index is 0.0128. The van der Waals surface area contributed by atoms with Gasteiger partial charge in [-0.25, -0.2) is 0 Å². The Balaban J connectivity index is 1.68. The van der Waals surface area contributed by atoms with Gasteiger partial charge in [0.1, 0.15) is 0 Å². The maximum Gasteiger partial charge on any atom is 0.316 e. The summed E-state index contributed by atoms with van der Waals surface area (Å²) in [5.41, 5.74) is 9.47. The second kappa shape index (κ2) is 6.84. The van der Waals surface area contributed by atoms with Crippen molar-refractivity contribution in [3.63, 3.8) is 0 Å². The average Bonchev–Trinajstić information content (AvgIpc) is 2.94. The number of rotatable bonds is 3. The molecule has 0 saturated heterocycles. The van der Waals surface area contributed by atoms with E-state index in [2.05, 4.69) is 5.32 Å². The number of nitrogens with one attached hydrogen (secondary N) is 1. The van der Waals surface area contributed by atoms with Gasteiger partial charge in [-0.2, -0.15) is 0 Å². The first-order chi connectivity index (χ1) is 11.6. The van der Waals surface area contributed by atoms with Gasteiger partial charge < -0.3 is 16.0 Å². The van der Waals surface area contributed by atoms with Gasteiger partial charge in [-0.15, -0.1) is 0 Å². The highest BCUT2D eigenvalue weighted by Crippen LogP contribution is 2.31. The van der Waals surface area contributed by atoms with E-state index in [9.17, 15) is 9.59 Å². The first-order valence-electron chi connectivity index (χ1n) is 8.07. The predicted octanol–water partition coefficient (Wildman–Crippen LogP) is 1.74. The normalized spacial score (nSPS) is 15.9. The molecule has 0 radical (unpaired) electrons. The van der Waals surface area contributed by atoms with Crippen LogP contribution in [0, 0.1) is 0 Å². The first-order valence-corrected chi connectivity index (χ1v) is 8.07. The molecule has 1 aliphatic heterocycles. The minimum Gasteiger partial charge on any atom is -0.344 e. The van der Waals surface area contributed by atoms with Crippen LogP contribution in [0.2, 0.25) is 0 Å². The van der Waals surface area contributed by atoms with Crippen molar-refractivity contribution in [2.45, 2.75) is 32.5 Å². The molecular formula is C19H21N3O2. The second-order valence-electron chi connectivity index (χ2n) is 6.06. The van der Waals surface area contributed by atoms with E-state index in [0.29, 0.717) is 13.1 Å². The zero-order chi connectivity index (χ0) is 17.1. The fourth-order valence-electron chi connectivity index (χ4n) is 3.11. The summed E-state index contributed by atoms with van der Waals surface area (Å²) in [5.74, 6) is -1.10. The van der Waals surface area contributed by atoms with Gasteiger partial charge >= 0.3 is 11.8 Å². The maximum atomic E-state index is 12.6. The van der Waals surface area contributed by atoms with E-state index in [1.165, 1.54) is 0 Å². The van der Waals surface area contributed by atoms with Crippen molar-refractivity contribution in [3.8, 4) is 0 Å². The Morgan fingerprint density at radius 3 is 2.71 bits per heavy atom. The number of para-hydroxylation sites is 1. The lowest BCUT2D eigenvalue weighted by atomic mass is 10.1. The monoisotopic (exact) mass is 323 g/mol. The Kier molecular flexibility index (Phi) is 4.62. The van der Waals surface area contributed by atoms with Crippen LogP contribution in [0.5, 0.6) is 0 Å². The summed E-state index contributed by atoms with van der Waals surface area (Å²) in [6, 6.07) is 15.3. The van der Waals surface area contributed by atoms with Crippen molar-refractivity contribution < 1.29 is 9.59 Å². The number of amides is 2. The van der Waals surface area contributed by atoms with Gasteiger partial charge in [-0.05, 0) is 36.1 Å². The molecule has 5 heteroatoms. The van der Waals surface area contributed by atoms with Gasteiger partial charge in [0.05, 0.1) is 0 Å². The highest BCUT2D eigenvalue weighted by Gasteiger charge is 2.33. The summed E-state index contributed by atoms with van der Waals surface area (Å²) in [6.45, 7) is 2.71. The largest absolute Gasteiger partial charge is 0.344 e. The Bertz CT molecular complexity index is 773. The molecule has 24 heavy (non-hydrogen) atoms. The molecule has 1 aliphatic rings. The van der Waals surface area contributed by atoms with Crippen LogP contribution in [0.4, 0.5) is 5.69 Å². The van der Waals surface area contributed by atoms with Crippen molar-refractivity contribution in [3.05, 3.63) is 65.2 Å². The van der Waals surface area contributed by atoms with Crippen molar-refractivity contribution in [1.82, 2.24) is 5.32 Å². The van der Waals surface area contributed by atoms with Gasteiger partial charge in [-0.3, -0.25) is 9.59 Å². The van der Waals surface area contributed by atoms with Crippen molar-refractivity contribution in [1.29, 1.82) is 0 Å². The molecule has 1 heterocycles. The molecule has 0 fully saturated rings. The third-order valence-electron chi connectivity index (χ3n) is 4.30. The number of carbonyl (C=O) groups is 2. The van der Waals surface area contributed by atoms with Crippen molar-refractivity contribution in [2.24, 2.45) is 5.73 Å². The topological polar surface area (TPSA) is 75.4 Å². The molecule has 3 N–H and O–H groups in total. The zero-order valence-corrected chi connectivity index (χ0v) is 13.7. The molecule has 0 spiro atoms. The Labute approximate surface area is 141 Å². The summed E-state index contributed by atoms with van der Waals surface area (Å²) < 4.78 is 0. The Morgan fingerprint density at radius 2 is 1.92 bits per heavy atom. The van der Waals surface area contributed by atoms with E-state index in [1.807, 2.05) is 55.5 Å². The lowest BCUT2D eigenvalue weighted by molar-refractivity contribution is -0.137.